The fourth-order valence-electron chi connectivity index (χ4n) is 2.22. The average Bonchev–Trinajstić information content (AvgIpc) is 2.92. The molecule has 9 heteroatoms. The van der Waals surface area contributed by atoms with E-state index in [1.807, 2.05) is 6.92 Å². The molecule has 0 bridgehead atoms. The number of fused-ring (bicyclic) bond motifs is 1. The lowest BCUT2D eigenvalue weighted by molar-refractivity contribution is -0.122. The summed E-state index contributed by atoms with van der Waals surface area (Å²) in [6.45, 7) is 1.59. The summed E-state index contributed by atoms with van der Waals surface area (Å²) in [5.41, 5.74) is -0.553. The first-order valence-electron chi connectivity index (χ1n) is 6.91. The van der Waals surface area contributed by atoms with E-state index >= 15 is 0 Å². The van der Waals surface area contributed by atoms with E-state index in [4.69, 9.17) is 5.11 Å². The molecule has 1 atom stereocenters. The van der Waals surface area contributed by atoms with Crippen molar-refractivity contribution in [1.29, 1.82) is 0 Å². The van der Waals surface area contributed by atoms with Gasteiger partial charge < -0.3 is 15.0 Å². The number of aliphatic hydroxyl groups is 1. The summed E-state index contributed by atoms with van der Waals surface area (Å²) in [5, 5.41) is 11.8. The number of aryl methyl sites for hydroxylation is 1. The van der Waals surface area contributed by atoms with E-state index in [9.17, 15) is 14.4 Å². The van der Waals surface area contributed by atoms with Crippen LogP contribution in [0.5, 0.6) is 0 Å². The Labute approximate surface area is 125 Å². The van der Waals surface area contributed by atoms with E-state index in [2.05, 4.69) is 10.3 Å². The summed E-state index contributed by atoms with van der Waals surface area (Å²) in [7, 11) is 2.89. The van der Waals surface area contributed by atoms with Gasteiger partial charge in [-0.05, 0) is 6.42 Å². The van der Waals surface area contributed by atoms with Crippen LogP contribution < -0.4 is 16.6 Å². The van der Waals surface area contributed by atoms with E-state index in [1.165, 1.54) is 29.6 Å². The number of carbonyl (C=O) groups excluding carboxylic acids is 1. The van der Waals surface area contributed by atoms with Crippen LogP contribution >= 0.6 is 0 Å². The van der Waals surface area contributed by atoms with E-state index < -0.39 is 11.2 Å². The summed E-state index contributed by atoms with van der Waals surface area (Å²) < 4.78 is 3.63. The molecule has 2 aromatic rings. The van der Waals surface area contributed by atoms with Crippen molar-refractivity contribution in [3.05, 3.63) is 27.2 Å². The van der Waals surface area contributed by atoms with E-state index in [0.717, 1.165) is 4.57 Å². The predicted octanol–water partition coefficient (Wildman–Crippen LogP) is -1.68. The normalized spacial score (nSPS) is 12.5. The van der Waals surface area contributed by atoms with Crippen LogP contribution in [-0.2, 0) is 25.4 Å². The van der Waals surface area contributed by atoms with Crippen molar-refractivity contribution < 1.29 is 9.90 Å². The maximum absolute atomic E-state index is 12.2. The second-order valence-corrected chi connectivity index (χ2v) is 5.11. The number of nitrogens with one attached hydrogen (secondary N) is 1. The lowest BCUT2D eigenvalue weighted by Crippen LogP contribution is -2.40. The Kier molecular flexibility index (Phi) is 4.45. The quantitative estimate of drug-likeness (QED) is 0.685. The SMILES string of the molecule is CC[C@H](CO)NC(=O)Cn1cnc2c1c(=O)n(C)c(=O)n2C. The number of hydrogen-bond acceptors (Lipinski definition) is 5. The lowest BCUT2D eigenvalue weighted by Gasteiger charge is -2.14. The second-order valence-electron chi connectivity index (χ2n) is 5.11. The first-order valence-corrected chi connectivity index (χ1v) is 6.91. The minimum Gasteiger partial charge on any atom is -0.394 e. The Balaban J connectivity index is 2.40. The monoisotopic (exact) mass is 309 g/mol. The Morgan fingerprint density at radius 2 is 2.05 bits per heavy atom. The molecule has 2 heterocycles. The molecule has 2 rings (SSSR count). The van der Waals surface area contributed by atoms with E-state index in [1.54, 1.807) is 0 Å². The smallest absolute Gasteiger partial charge is 0.332 e. The van der Waals surface area contributed by atoms with Crippen molar-refractivity contribution in [2.24, 2.45) is 14.1 Å². The van der Waals surface area contributed by atoms with Gasteiger partial charge in [-0.25, -0.2) is 9.78 Å². The van der Waals surface area contributed by atoms with Crippen molar-refractivity contribution in [2.75, 3.05) is 6.61 Å². The molecule has 1 amide bonds. The molecule has 0 saturated heterocycles. The maximum atomic E-state index is 12.2. The Hall–Kier alpha value is -2.42. The van der Waals surface area contributed by atoms with Crippen LogP contribution in [-0.4, -0.2) is 42.3 Å². The number of carbonyl (C=O) groups is 1. The number of amides is 1. The van der Waals surface area contributed by atoms with Crippen LogP contribution in [0.3, 0.4) is 0 Å². The van der Waals surface area contributed by atoms with Gasteiger partial charge in [0.1, 0.15) is 6.54 Å². The summed E-state index contributed by atoms with van der Waals surface area (Å²) in [6.07, 6.45) is 1.95. The molecule has 0 aliphatic rings. The van der Waals surface area contributed by atoms with Crippen LogP contribution in [0.4, 0.5) is 0 Å². The third kappa shape index (κ3) is 2.67. The van der Waals surface area contributed by atoms with E-state index in [-0.39, 0.29) is 36.3 Å². The zero-order valence-corrected chi connectivity index (χ0v) is 12.7. The number of aliphatic hydroxyl groups excluding tert-OH is 1. The highest BCUT2D eigenvalue weighted by Crippen LogP contribution is 2.05. The standard InChI is InChI=1S/C13H19N5O4/c1-4-8(6-19)15-9(20)5-18-7-14-11-10(18)12(21)17(3)13(22)16(11)2/h7-8,19H,4-6H2,1-3H3,(H,15,20)/t8-/m1/s1. The van der Waals surface area contributed by atoms with Crippen LogP contribution in [0.25, 0.3) is 11.2 Å². The van der Waals surface area contributed by atoms with Crippen molar-refractivity contribution in [3.63, 3.8) is 0 Å². The maximum Gasteiger partial charge on any atom is 0.332 e. The van der Waals surface area contributed by atoms with Gasteiger partial charge in [-0.3, -0.25) is 18.7 Å². The zero-order valence-electron chi connectivity index (χ0n) is 12.7. The van der Waals surface area contributed by atoms with Crippen molar-refractivity contribution >= 4 is 17.1 Å². The molecule has 9 nitrogen and oxygen atoms in total. The molecule has 2 aromatic heterocycles. The molecule has 120 valence electrons. The number of rotatable bonds is 5. The van der Waals surface area contributed by atoms with Crippen LogP contribution in [0.2, 0.25) is 0 Å². The molecule has 22 heavy (non-hydrogen) atoms. The summed E-state index contributed by atoms with van der Waals surface area (Å²) in [6, 6.07) is -0.325. The molecule has 0 unspecified atom stereocenters. The Morgan fingerprint density at radius 1 is 1.36 bits per heavy atom. The van der Waals surface area contributed by atoms with Crippen LogP contribution in [0.1, 0.15) is 13.3 Å². The molecule has 0 saturated carbocycles. The van der Waals surface area contributed by atoms with Gasteiger partial charge in [-0.2, -0.15) is 0 Å². The van der Waals surface area contributed by atoms with Gasteiger partial charge in [0, 0.05) is 14.1 Å². The van der Waals surface area contributed by atoms with Crippen LogP contribution in [0.15, 0.2) is 15.9 Å². The summed E-state index contributed by atoms with van der Waals surface area (Å²) in [5.74, 6) is -0.337. The minimum atomic E-state index is -0.502. The average molecular weight is 309 g/mol. The highest BCUT2D eigenvalue weighted by molar-refractivity contribution is 5.79. The van der Waals surface area contributed by atoms with Gasteiger partial charge >= 0.3 is 5.69 Å². The number of nitrogens with zero attached hydrogens (tertiary/aromatic N) is 4. The third-order valence-corrected chi connectivity index (χ3v) is 3.61. The lowest BCUT2D eigenvalue weighted by atomic mass is 10.2. The number of aromatic nitrogens is 4. The van der Waals surface area contributed by atoms with Crippen molar-refractivity contribution in [2.45, 2.75) is 25.9 Å². The first kappa shape index (κ1) is 16.0. The largest absolute Gasteiger partial charge is 0.394 e. The Bertz CT molecular complexity index is 812. The molecular formula is C13H19N5O4. The molecule has 0 aliphatic carbocycles. The molecule has 0 spiro atoms. The molecule has 2 N–H and O–H groups in total. The molecule has 0 fully saturated rings. The van der Waals surface area contributed by atoms with Gasteiger partial charge in [0.2, 0.25) is 5.91 Å². The van der Waals surface area contributed by atoms with Crippen molar-refractivity contribution in [3.8, 4) is 0 Å². The highest BCUT2D eigenvalue weighted by Gasteiger charge is 2.16. The predicted molar refractivity (Wildman–Crippen MR) is 79.5 cm³/mol. The topological polar surface area (TPSA) is 111 Å². The van der Waals surface area contributed by atoms with Gasteiger partial charge in [0.25, 0.3) is 5.56 Å². The third-order valence-electron chi connectivity index (χ3n) is 3.61. The fourth-order valence-corrected chi connectivity index (χ4v) is 2.22. The molecule has 0 aliphatic heterocycles. The van der Waals surface area contributed by atoms with E-state index in [0.29, 0.717) is 6.42 Å². The number of imidazole rings is 1. The van der Waals surface area contributed by atoms with Crippen LogP contribution in [0, 0.1) is 0 Å². The van der Waals surface area contributed by atoms with Gasteiger partial charge in [0.15, 0.2) is 11.2 Å². The van der Waals surface area contributed by atoms with Gasteiger partial charge in [0.05, 0.1) is 19.0 Å². The van der Waals surface area contributed by atoms with Gasteiger partial charge in [-0.1, -0.05) is 6.92 Å². The highest BCUT2D eigenvalue weighted by atomic mass is 16.3. The summed E-state index contributed by atoms with van der Waals surface area (Å²) in [4.78, 5) is 40.1. The van der Waals surface area contributed by atoms with Gasteiger partial charge in [-0.15, -0.1) is 0 Å². The summed E-state index contributed by atoms with van der Waals surface area (Å²) >= 11 is 0. The first-order chi connectivity index (χ1) is 10.4. The zero-order chi connectivity index (χ0) is 16.4. The second kappa shape index (κ2) is 6.14. The Morgan fingerprint density at radius 3 is 2.64 bits per heavy atom. The minimum absolute atomic E-state index is 0.111. The number of hydrogen-bond donors (Lipinski definition) is 2. The fraction of sp³-hybridized carbons (Fsp3) is 0.538. The molecule has 0 aromatic carbocycles. The van der Waals surface area contributed by atoms with Crippen molar-refractivity contribution in [1.82, 2.24) is 24.0 Å². The molecular weight excluding hydrogens is 290 g/mol. The molecule has 0 radical (unpaired) electrons.